The fourth-order valence-corrected chi connectivity index (χ4v) is 1.99. The Labute approximate surface area is 116 Å². The fraction of sp³-hybridized carbons (Fsp3) is 0.923. The Morgan fingerprint density at radius 3 is 2.26 bits per heavy atom. The van der Waals surface area contributed by atoms with Gasteiger partial charge < -0.3 is 26.0 Å². The van der Waals surface area contributed by atoms with Crippen LogP contribution in [0, 0.1) is 5.92 Å². The summed E-state index contributed by atoms with van der Waals surface area (Å²) in [7, 11) is 1.60. The summed E-state index contributed by atoms with van der Waals surface area (Å²) < 4.78 is 5.49. The molecule has 0 spiro atoms. The first-order valence-electron chi connectivity index (χ1n) is 6.27. The lowest BCUT2D eigenvalue weighted by molar-refractivity contribution is -0.153. The maximum absolute atomic E-state index is 9.79. The Morgan fingerprint density at radius 2 is 1.95 bits per heavy atom. The predicted molar refractivity (Wildman–Crippen MR) is 75.7 cm³/mol. The van der Waals surface area contributed by atoms with Crippen molar-refractivity contribution in [3.63, 3.8) is 0 Å². The molecule has 1 heterocycles. The Morgan fingerprint density at radius 1 is 1.47 bits per heavy atom. The molecular formula is C13H30N2O4. The molecule has 0 radical (unpaired) electrons. The summed E-state index contributed by atoms with van der Waals surface area (Å²) in [5.41, 5.74) is 5.73. The monoisotopic (exact) mass is 278 g/mol. The van der Waals surface area contributed by atoms with Gasteiger partial charge in [-0.15, -0.1) is 0 Å². The van der Waals surface area contributed by atoms with E-state index < -0.39 is 18.2 Å². The van der Waals surface area contributed by atoms with Crippen LogP contribution in [0.5, 0.6) is 0 Å². The Kier molecular flexibility index (Phi) is 11.0. The molecule has 0 bridgehead atoms. The summed E-state index contributed by atoms with van der Waals surface area (Å²) >= 11 is 0. The molecule has 1 aliphatic rings. The number of rotatable bonds is 2. The van der Waals surface area contributed by atoms with Gasteiger partial charge in [0.05, 0.1) is 31.0 Å². The first-order chi connectivity index (χ1) is 8.38. The number of nitrogens with two attached hydrogens (primary N) is 1. The van der Waals surface area contributed by atoms with E-state index in [0.29, 0.717) is 0 Å². The third-order valence-electron chi connectivity index (χ3n) is 3.26. The summed E-state index contributed by atoms with van der Waals surface area (Å²) in [6.45, 7) is 5.25. The normalized spacial score (nSPS) is 33.5. The molecule has 5 N–H and O–H groups in total. The third-order valence-corrected chi connectivity index (χ3v) is 3.26. The van der Waals surface area contributed by atoms with Gasteiger partial charge in [-0.3, -0.25) is 4.79 Å². The minimum Gasteiger partial charge on any atom is -0.394 e. The summed E-state index contributed by atoms with van der Waals surface area (Å²) in [6, 6.07) is -0.467. The second-order valence-corrected chi connectivity index (χ2v) is 4.51. The smallest absolute Gasteiger partial charge is 0.216 e. The van der Waals surface area contributed by atoms with E-state index >= 15 is 0 Å². The van der Waals surface area contributed by atoms with Crippen molar-refractivity contribution < 1.29 is 19.7 Å². The van der Waals surface area contributed by atoms with Crippen molar-refractivity contribution in [2.45, 2.75) is 59.0 Å². The van der Waals surface area contributed by atoms with E-state index in [1.165, 1.54) is 6.92 Å². The van der Waals surface area contributed by atoms with Crippen molar-refractivity contribution in [3.8, 4) is 0 Å². The van der Waals surface area contributed by atoms with Crippen molar-refractivity contribution in [2.75, 3.05) is 13.7 Å². The van der Waals surface area contributed by atoms with Crippen LogP contribution in [0.4, 0.5) is 0 Å². The van der Waals surface area contributed by atoms with E-state index in [-0.39, 0.29) is 32.0 Å². The van der Waals surface area contributed by atoms with Gasteiger partial charge in [0.15, 0.2) is 0 Å². The molecule has 1 amide bonds. The number of carbonyl (C=O) groups is 1. The summed E-state index contributed by atoms with van der Waals surface area (Å²) in [5.74, 6) is 0.0859. The van der Waals surface area contributed by atoms with Crippen LogP contribution in [-0.2, 0) is 9.53 Å². The topological polar surface area (TPSA) is 105 Å². The largest absolute Gasteiger partial charge is 0.394 e. The number of aliphatic hydroxyl groups excluding tert-OH is 2. The Balaban J connectivity index is 0. The fourth-order valence-electron chi connectivity index (χ4n) is 1.99. The highest BCUT2D eigenvalue weighted by Crippen LogP contribution is 2.26. The van der Waals surface area contributed by atoms with Crippen LogP contribution in [0.25, 0.3) is 0 Å². The van der Waals surface area contributed by atoms with Gasteiger partial charge in [0, 0.05) is 19.9 Å². The van der Waals surface area contributed by atoms with Crippen LogP contribution in [-0.4, -0.2) is 54.1 Å². The first kappa shape index (κ1) is 20.6. The summed E-state index contributed by atoms with van der Waals surface area (Å²) in [6.07, 6.45) is -0.176. The summed E-state index contributed by atoms with van der Waals surface area (Å²) in [4.78, 5) is 9.70. The van der Waals surface area contributed by atoms with E-state index in [1.807, 2.05) is 13.8 Å². The van der Waals surface area contributed by atoms with Crippen LogP contribution in [0.1, 0.15) is 34.6 Å². The number of hydrogen-bond acceptors (Lipinski definition) is 5. The average molecular weight is 278 g/mol. The van der Waals surface area contributed by atoms with E-state index in [1.54, 1.807) is 7.05 Å². The minimum absolute atomic E-state index is 0. The molecule has 116 valence electrons. The molecule has 1 aliphatic heterocycles. The highest BCUT2D eigenvalue weighted by atomic mass is 16.5. The van der Waals surface area contributed by atoms with E-state index in [4.69, 9.17) is 15.6 Å². The molecule has 6 heteroatoms. The van der Waals surface area contributed by atoms with Gasteiger partial charge >= 0.3 is 0 Å². The van der Waals surface area contributed by atoms with Crippen LogP contribution in [0.15, 0.2) is 0 Å². The van der Waals surface area contributed by atoms with Crippen molar-refractivity contribution in [2.24, 2.45) is 11.7 Å². The lowest BCUT2D eigenvalue weighted by atomic mass is 9.84. The van der Waals surface area contributed by atoms with Gasteiger partial charge in [0.25, 0.3) is 0 Å². The van der Waals surface area contributed by atoms with Crippen LogP contribution in [0.3, 0.4) is 0 Å². The standard InChI is InChI=1S/C9H19NO3.C3H7NO.CH4/c1-3-6-5(2)13-7(4-11)8(10)9(6)12;1-3(5)4-2;/h5-9,11-12H,3-4,10H2,1-2H3;1-2H3,(H,4,5);1H4/t5?,6-,7+,8?,9-;;/m1../s1. The quantitative estimate of drug-likeness (QED) is 0.563. The lowest BCUT2D eigenvalue weighted by Gasteiger charge is -2.41. The van der Waals surface area contributed by atoms with Gasteiger partial charge in [0.1, 0.15) is 0 Å². The molecule has 0 saturated carbocycles. The van der Waals surface area contributed by atoms with E-state index in [9.17, 15) is 9.90 Å². The highest BCUT2D eigenvalue weighted by Gasteiger charge is 2.39. The second kappa shape index (κ2) is 10.1. The van der Waals surface area contributed by atoms with Gasteiger partial charge in [-0.2, -0.15) is 0 Å². The van der Waals surface area contributed by atoms with Gasteiger partial charge in [-0.25, -0.2) is 0 Å². The number of nitrogens with one attached hydrogen (secondary N) is 1. The van der Waals surface area contributed by atoms with Gasteiger partial charge in [-0.1, -0.05) is 14.4 Å². The van der Waals surface area contributed by atoms with Gasteiger partial charge in [-0.05, 0) is 13.3 Å². The maximum atomic E-state index is 9.79. The molecule has 5 atom stereocenters. The molecule has 19 heavy (non-hydrogen) atoms. The van der Waals surface area contributed by atoms with Crippen molar-refractivity contribution >= 4 is 5.91 Å². The average Bonchev–Trinajstić information content (AvgIpc) is 2.35. The van der Waals surface area contributed by atoms with Crippen molar-refractivity contribution in [3.05, 3.63) is 0 Å². The SMILES string of the molecule is C.CC[C@@H]1C(C)O[C@@H](CO)C(N)[C@@H]1O.CNC(C)=O. The first-order valence-corrected chi connectivity index (χ1v) is 6.27. The molecule has 1 saturated heterocycles. The molecule has 6 nitrogen and oxygen atoms in total. The number of aliphatic hydroxyl groups is 2. The van der Waals surface area contributed by atoms with Crippen LogP contribution >= 0.6 is 0 Å². The molecule has 1 fully saturated rings. The van der Waals surface area contributed by atoms with E-state index in [2.05, 4.69) is 5.32 Å². The second-order valence-electron chi connectivity index (χ2n) is 4.51. The number of carbonyl (C=O) groups excluding carboxylic acids is 1. The van der Waals surface area contributed by atoms with Crippen LogP contribution in [0.2, 0.25) is 0 Å². The zero-order valence-corrected chi connectivity index (χ0v) is 11.6. The highest BCUT2D eigenvalue weighted by molar-refractivity contribution is 5.72. The number of hydrogen-bond donors (Lipinski definition) is 4. The molecule has 1 rings (SSSR count). The zero-order chi connectivity index (χ0) is 14.3. The van der Waals surface area contributed by atoms with E-state index in [0.717, 1.165) is 6.42 Å². The predicted octanol–water partition coefficient (Wildman–Crippen LogP) is -0.131. The maximum Gasteiger partial charge on any atom is 0.216 e. The number of amides is 1. The summed E-state index contributed by atoms with van der Waals surface area (Å²) in [5, 5.41) is 21.1. The lowest BCUT2D eigenvalue weighted by Crippen LogP contribution is -2.58. The number of ether oxygens (including phenoxy) is 1. The van der Waals surface area contributed by atoms with Gasteiger partial charge in [0.2, 0.25) is 5.91 Å². The Bertz CT molecular complexity index is 251. The molecule has 2 unspecified atom stereocenters. The molecule has 0 aromatic carbocycles. The van der Waals surface area contributed by atoms with Crippen molar-refractivity contribution in [1.29, 1.82) is 0 Å². The molecule has 0 aliphatic carbocycles. The molecule has 0 aromatic rings. The van der Waals surface area contributed by atoms with Crippen LogP contribution < -0.4 is 11.1 Å². The zero-order valence-electron chi connectivity index (χ0n) is 11.6. The minimum atomic E-state index is -0.564. The third kappa shape index (κ3) is 6.33. The molecular weight excluding hydrogens is 248 g/mol. The van der Waals surface area contributed by atoms with Crippen molar-refractivity contribution in [1.82, 2.24) is 5.32 Å². The Hall–Kier alpha value is -0.690. The molecule has 0 aromatic heterocycles.